The van der Waals surface area contributed by atoms with Crippen molar-refractivity contribution < 1.29 is 19.2 Å². The van der Waals surface area contributed by atoms with E-state index in [2.05, 4.69) is 20.3 Å². The topological polar surface area (TPSA) is 137 Å². The molecule has 2 aromatic heterocycles. The van der Waals surface area contributed by atoms with Gasteiger partial charge in [-0.05, 0) is 36.8 Å². The summed E-state index contributed by atoms with van der Waals surface area (Å²) in [6, 6.07) is 12.6. The van der Waals surface area contributed by atoms with E-state index in [1.54, 1.807) is 37.3 Å². The largest absolute Gasteiger partial charge is 0.508 e. The second-order valence-electron chi connectivity index (χ2n) is 7.08. The molecule has 4 rings (SSSR count). The lowest BCUT2D eigenvalue weighted by Crippen LogP contribution is -2.33. The Kier molecular flexibility index (Phi) is 5.41. The second kappa shape index (κ2) is 8.17. The lowest BCUT2D eigenvalue weighted by molar-refractivity contribution is 0.100. The zero-order chi connectivity index (χ0) is 22.1. The summed E-state index contributed by atoms with van der Waals surface area (Å²) in [7, 11) is -1.82. The van der Waals surface area contributed by atoms with Crippen molar-refractivity contribution >= 4 is 35.3 Å². The molecule has 31 heavy (non-hydrogen) atoms. The average Bonchev–Trinajstić information content (AvgIpc) is 3.07. The Bertz CT molecular complexity index is 1290. The molecule has 4 aromatic rings. The molecular formula is C21H19BFN5O3. The molecule has 0 saturated carbocycles. The highest BCUT2D eigenvalue weighted by molar-refractivity contribution is 6.57. The molecule has 0 unspecified atom stereocenters. The first kappa shape index (κ1) is 20.5. The number of anilines is 1. The van der Waals surface area contributed by atoms with Crippen LogP contribution >= 0.6 is 0 Å². The number of hydrogen-bond donors (Lipinski definition) is 5. The number of fused-ring (bicyclic) bond motifs is 1. The first-order chi connectivity index (χ1) is 14.8. The summed E-state index contributed by atoms with van der Waals surface area (Å²) in [6.07, 6.45) is 0. The molecule has 156 valence electrons. The van der Waals surface area contributed by atoms with Crippen molar-refractivity contribution in [3.8, 4) is 11.4 Å². The van der Waals surface area contributed by atoms with Gasteiger partial charge in [-0.1, -0.05) is 24.3 Å². The van der Waals surface area contributed by atoms with E-state index in [4.69, 9.17) is 5.73 Å². The van der Waals surface area contributed by atoms with E-state index < -0.39 is 13.0 Å². The summed E-state index contributed by atoms with van der Waals surface area (Å²) in [5, 5.41) is 23.2. The van der Waals surface area contributed by atoms with Crippen molar-refractivity contribution in [1.29, 1.82) is 0 Å². The number of primary amides is 1. The summed E-state index contributed by atoms with van der Waals surface area (Å²) in [6.45, 7) is 2.07. The minimum Gasteiger partial charge on any atom is -0.422 e. The van der Waals surface area contributed by atoms with Gasteiger partial charge in [0.05, 0.1) is 16.7 Å². The Morgan fingerprint density at radius 2 is 1.97 bits per heavy atom. The van der Waals surface area contributed by atoms with Crippen LogP contribution < -0.4 is 16.6 Å². The molecule has 0 bridgehead atoms. The molecule has 8 nitrogen and oxygen atoms in total. The smallest absolute Gasteiger partial charge is 0.422 e. The number of carbonyl (C=O) groups is 1. The number of aromatic nitrogens is 3. The van der Waals surface area contributed by atoms with Gasteiger partial charge >= 0.3 is 7.12 Å². The van der Waals surface area contributed by atoms with Crippen molar-refractivity contribution in [3.05, 3.63) is 71.2 Å². The maximum atomic E-state index is 13.4. The fraction of sp³-hybridized carbons (Fsp3) is 0.0952. The minimum atomic E-state index is -1.82. The van der Waals surface area contributed by atoms with Gasteiger partial charge in [0.2, 0.25) is 0 Å². The van der Waals surface area contributed by atoms with Gasteiger partial charge in [-0.3, -0.25) is 4.79 Å². The third-order valence-electron chi connectivity index (χ3n) is 4.88. The summed E-state index contributed by atoms with van der Waals surface area (Å²) in [5.74, 6) is -0.361. The monoisotopic (exact) mass is 419 g/mol. The van der Waals surface area contributed by atoms with Crippen molar-refractivity contribution in [2.24, 2.45) is 5.73 Å². The fourth-order valence-corrected chi connectivity index (χ4v) is 3.48. The molecule has 0 aliphatic rings. The van der Waals surface area contributed by atoms with Gasteiger partial charge in [-0.15, -0.1) is 0 Å². The van der Waals surface area contributed by atoms with Crippen LogP contribution in [0.1, 0.15) is 21.6 Å². The summed E-state index contributed by atoms with van der Waals surface area (Å²) in [4.78, 5) is 23.7. The van der Waals surface area contributed by atoms with E-state index in [0.29, 0.717) is 39.1 Å². The molecule has 0 aliphatic carbocycles. The Hall–Kier alpha value is -3.76. The van der Waals surface area contributed by atoms with Crippen molar-refractivity contribution in [1.82, 2.24) is 15.0 Å². The number of amides is 1. The Morgan fingerprint density at radius 3 is 2.68 bits per heavy atom. The van der Waals surface area contributed by atoms with Gasteiger partial charge in [0.1, 0.15) is 11.6 Å². The third kappa shape index (κ3) is 4.11. The number of carbonyl (C=O) groups excluding carboxylic acids is 1. The molecular weight excluding hydrogens is 400 g/mol. The molecule has 0 radical (unpaired) electrons. The number of nitrogens with zero attached hydrogens (tertiary/aromatic N) is 2. The average molecular weight is 419 g/mol. The summed E-state index contributed by atoms with van der Waals surface area (Å²) >= 11 is 0. The fourth-order valence-electron chi connectivity index (χ4n) is 3.48. The van der Waals surface area contributed by atoms with Crippen LogP contribution in [0.25, 0.3) is 22.3 Å². The predicted molar refractivity (Wildman–Crippen MR) is 116 cm³/mol. The molecule has 0 fully saturated rings. The molecule has 0 aliphatic heterocycles. The third-order valence-corrected chi connectivity index (χ3v) is 4.88. The Balaban J connectivity index is 1.79. The second-order valence-corrected chi connectivity index (χ2v) is 7.08. The van der Waals surface area contributed by atoms with Crippen LogP contribution in [0.15, 0.2) is 48.5 Å². The number of nitrogens with two attached hydrogens (primary N) is 1. The quantitative estimate of drug-likeness (QED) is 0.300. The molecule has 2 heterocycles. The number of para-hydroxylation sites is 1. The molecule has 0 saturated heterocycles. The number of nitrogens with one attached hydrogen (secondary N) is 2. The Labute approximate surface area is 177 Å². The highest BCUT2D eigenvalue weighted by Crippen LogP contribution is 2.31. The number of H-pyrrole nitrogens is 1. The van der Waals surface area contributed by atoms with E-state index in [1.807, 2.05) is 0 Å². The van der Waals surface area contributed by atoms with Crippen LogP contribution in [-0.4, -0.2) is 38.0 Å². The number of aromatic amines is 1. The minimum absolute atomic E-state index is 0.00783. The number of halogens is 1. The molecule has 10 heteroatoms. The van der Waals surface area contributed by atoms with Crippen LogP contribution in [0.3, 0.4) is 0 Å². The van der Waals surface area contributed by atoms with Gasteiger partial charge in [0, 0.05) is 23.2 Å². The van der Waals surface area contributed by atoms with Crippen LogP contribution in [-0.2, 0) is 6.54 Å². The maximum absolute atomic E-state index is 13.4. The lowest BCUT2D eigenvalue weighted by atomic mass is 9.85. The van der Waals surface area contributed by atoms with Crippen molar-refractivity contribution in [2.45, 2.75) is 13.5 Å². The van der Waals surface area contributed by atoms with Gasteiger partial charge < -0.3 is 26.1 Å². The molecule has 1 amide bonds. The summed E-state index contributed by atoms with van der Waals surface area (Å²) < 4.78 is 13.4. The molecule has 6 N–H and O–H groups in total. The number of benzene rings is 2. The standard InChI is InChI=1S/C21H19BFN5O3/c1-11-18(14-6-3-7-15(20(24)29)19(14)26-11)21-27-16(22(30)31)9-17(28-21)25-10-12-4-2-5-13(23)8-12/h2-9,26,30-31H,10H2,1H3,(H2,24,29)(H,25,27,28). The Morgan fingerprint density at radius 1 is 1.19 bits per heavy atom. The molecule has 0 spiro atoms. The normalized spacial score (nSPS) is 11.0. The van der Waals surface area contributed by atoms with E-state index in [-0.39, 0.29) is 23.8 Å². The van der Waals surface area contributed by atoms with E-state index in [0.717, 1.165) is 0 Å². The van der Waals surface area contributed by atoms with Crippen LogP contribution in [0.2, 0.25) is 0 Å². The number of hydrogen-bond acceptors (Lipinski definition) is 6. The SMILES string of the molecule is Cc1[nH]c2c(C(N)=O)cccc2c1-c1nc(NCc2cccc(F)c2)cc(B(O)O)n1. The van der Waals surface area contributed by atoms with E-state index >= 15 is 0 Å². The predicted octanol–water partition coefficient (Wildman–Crippen LogP) is 1.46. The van der Waals surface area contributed by atoms with Gasteiger partial charge in [0.15, 0.2) is 5.82 Å². The number of rotatable bonds is 6. The van der Waals surface area contributed by atoms with Crippen LogP contribution in [0, 0.1) is 12.7 Å². The maximum Gasteiger partial charge on any atom is 0.508 e. The molecule has 0 atom stereocenters. The highest BCUT2D eigenvalue weighted by Gasteiger charge is 2.21. The number of aryl methyl sites for hydroxylation is 1. The van der Waals surface area contributed by atoms with Crippen LogP contribution in [0.5, 0.6) is 0 Å². The zero-order valence-electron chi connectivity index (χ0n) is 16.6. The van der Waals surface area contributed by atoms with Crippen molar-refractivity contribution in [2.75, 3.05) is 5.32 Å². The van der Waals surface area contributed by atoms with E-state index in [1.165, 1.54) is 18.2 Å². The van der Waals surface area contributed by atoms with Gasteiger partial charge in [-0.25, -0.2) is 14.4 Å². The lowest BCUT2D eigenvalue weighted by Gasteiger charge is -2.11. The first-order valence-electron chi connectivity index (χ1n) is 9.48. The summed E-state index contributed by atoms with van der Waals surface area (Å²) in [5.41, 5.74) is 8.34. The van der Waals surface area contributed by atoms with Crippen LogP contribution in [0.4, 0.5) is 10.2 Å². The van der Waals surface area contributed by atoms with Gasteiger partial charge in [0.25, 0.3) is 5.91 Å². The molecule has 2 aromatic carbocycles. The van der Waals surface area contributed by atoms with Crippen molar-refractivity contribution in [3.63, 3.8) is 0 Å². The van der Waals surface area contributed by atoms with E-state index in [9.17, 15) is 19.2 Å². The highest BCUT2D eigenvalue weighted by atomic mass is 19.1. The van der Waals surface area contributed by atoms with Gasteiger partial charge in [-0.2, -0.15) is 0 Å². The first-order valence-corrected chi connectivity index (χ1v) is 9.48. The zero-order valence-corrected chi connectivity index (χ0v) is 16.6.